The number of nitrogens with one attached hydrogen (secondary N) is 12. The average Bonchev–Trinajstić information content (AvgIpc) is 1.53. The van der Waals surface area contributed by atoms with Gasteiger partial charge >= 0.3 is 24.3 Å². The van der Waals surface area contributed by atoms with Crippen LogP contribution in [0.5, 0.6) is 0 Å². The Morgan fingerprint density at radius 2 is 0.809 bits per heavy atom. The molecule has 3 heterocycles. The maximum absolute atomic E-state index is 14.6. The summed E-state index contributed by atoms with van der Waals surface area (Å²) in [5.74, 6) is -8.53. The number of hydrogen-bond acceptors (Lipinski definition) is 18. The van der Waals surface area contributed by atoms with Crippen molar-refractivity contribution in [1.29, 1.82) is 0 Å². The first-order valence-corrected chi connectivity index (χ1v) is 51.2. The molecule has 3 saturated heterocycles. The number of carbonyl (C=O) groups excluding carboxylic acids is 15. The van der Waals surface area contributed by atoms with Gasteiger partial charge in [-0.15, -0.1) is 19.7 Å². The van der Waals surface area contributed by atoms with Crippen molar-refractivity contribution in [2.45, 2.75) is 333 Å². The van der Waals surface area contributed by atoms with E-state index in [0.29, 0.717) is 84.5 Å². The number of ether oxygens (including phenoxy) is 3. The van der Waals surface area contributed by atoms with Gasteiger partial charge in [0.25, 0.3) is 17.7 Å². The van der Waals surface area contributed by atoms with Crippen molar-refractivity contribution in [3.8, 4) is 0 Å². The highest BCUT2D eigenvalue weighted by Crippen LogP contribution is 2.67. The predicted molar refractivity (Wildman–Crippen MR) is 530 cm³/mol. The molecule has 12 N–H and O–H groups in total. The van der Waals surface area contributed by atoms with Crippen molar-refractivity contribution in [1.82, 2.24) is 78.5 Å². The molecule has 3 unspecified atom stereocenters. The number of nitrogens with zero attached hydrogens (tertiary/aromatic N) is 3. The second kappa shape index (κ2) is 49.6. The Kier molecular flexibility index (Phi) is 41.0. The number of amides is 15. The molecule has 0 radical (unpaired) electrons. The maximum atomic E-state index is 14.6. The molecule has 3 aliphatic heterocycles. The van der Waals surface area contributed by atoms with E-state index >= 15 is 0 Å². The largest absolute Gasteiger partial charge is 0.389 e. The number of urea groups is 3. The van der Waals surface area contributed by atoms with Crippen LogP contribution >= 0.6 is 0 Å². The summed E-state index contributed by atoms with van der Waals surface area (Å²) in [6.07, 6.45) is 8.85. The number of hydrogen-bond donors (Lipinski definition) is 12. The van der Waals surface area contributed by atoms with E-state index in [9.17, 15) is 85.1 Å². The van der Waals surface area contributed by atoms with Gasteiger partial charge in [-0.25, -0.2) is 14.4 Å². The van der Waals surface area contributed by atoms with Gasteiger partial charge in [0.2, 0.25) is 52.8 Å². The van der Waals surface area contributed by atoms with Gasteiger partial charge in [0.15, 0.2) is 0 Å². The summed E-state index contributed by atoms with van der Waals surface area (Å²) >= 11 is 0. The van der Waals surface area contributed by atoms with Crippen LogP contribution in [-0.4, -0.2) is 261 Å². The lowest BCUT2D eigenvalue weighted by Gasteiger charge is -2.43. The summed E-state index contributed by atoms with van der Waals surface area (Å²) in [4.78, 5) is 208. The van der Waals surface area contributed by atoms with Crippen LogP contribution < -0.4 is 63.8 Å². The molecule has 0 spiro atoms. The van der Waals surface area contributed by atoms with Crippen molar-refractivity contribution >= 4 is 88.6 Å². The molecular weight excluding hydrogens is 1820 g/mol. The summed E-state index contributed by atoms with van der Waals surface area (Å²) in [6, 6.07) is -3.53. The molecule has 0 aromatic heterocycles. The minimum atomic E-state index is -4.63. The van der Waals surface area contributed by atoms with E-state index in [0.717, 1.165) is 62.5 Å². The summed E-state index contributed by atoms with van der Waals surface area (Å²) in [5.41, 5.74) is -0.124. The highest BCUT2D eigenvalue weighted by atomic mass is 19.4. The van der Waals surface area contributed by atoms with E-state index in [1.807, 2.05) is 128 Å². The third-order valence-corrected chi connectivity index (χ3v) is 31.6. The number of rotatable bonds is 46. The van der Waals surface area contributed by atoms with Crippen LogP contribution in [-0.2, 0) is 84.6 Å². The highest BCUT2D eigenvalue weighted by Gasteiger charge is 2.73. The molecule has 1 aromatic carbocycles. The van der Waals surface area contributed by atoms with Gasteiger partial charge in [0.05, 0.1) is 56.1 Å². The zero-order valence-electron chi connectivity index (χ0n) is 87.5. The quantitative estimate of drug-likeness (QED) is 0.0213. The average molecular weight is 1980 g/mol. The molecule has 6 aliphatic carbocycles. The van der Waals surface area contributed by atoms with Crippen LogP contribution in [0.1, 0.15) is 252 Å². The van der Waals surface area contributed by atoms with E-state index in [1.165, 1.54) is 23.1 Å². The molecule has 5 saturated carbocycles. The Morgan fingerprint density at radius 3 is 1.16 bits per heavy atom. The molecule has 141 heavy (non-hydrogen) atoms. The Bertz CT molecular complexity index is 4580. The van der Waals surface area contributed by atoms with E-state index in [1.54, 1.807) is 16.9 Å². The van der Waals surface area contributed by atoms with E-state index in [2.05, 4.69) is 118 Å². The topological polar surface area (TPSA) is 438 Å². The van der Waals surface area contributed by atoms with Crippen molar-refractivity contribution in [2.75, 3.05) is 79.4 Å². The first kappa shape index (κ1) is 116. The Balaban J connectivity index is 0.000000259. The zero-order chi connectivity index (χ0) is 105. The van der Waals surface area contributed by atoms with Gasteiger partial charge in [0.1, 0.15) is 36.3 Å². The lowest BCUT2D eigenvalue weighted by atomic mass is 9.70. The number of Topliss-reactive ketones (excluding diaryl/α,β-unsaturated/α-hetero) is 3. The first-order valence-electron chi connectivity index (χ1n) is 51.2. The molecular formula is C105H166F3N15O18. The predicted octanol–water partition coefficient (Wildman–Crippen LogP) is 10.4. The molecule has 10 rings (SSSR count). The number of unbranched alkanes of at least 4 members (excludes halogenated alkanes) is 1. The summed E-state index contributed by atoms with van der Waals surface area (Å²) in [5, 5.41) is 33.4. The van der Waals surface area contributed by atoms with Crippen molar-refractivity contribution in [2.24, 2.45) is 85.2 Å². The van der Waals surface area contributed by atoms with Gasteiger partial charge in [-0.3, -0.25) is 57.5 Å². The number of benzene rings is 1. The third kappa shape index (κ3) is 29.3. The van der Waals surface area contributed by atoms with Gasteiger partial charge in [-0.1, -0.05) is 218 Å². The molecule has 36 heteroatoms. The van der Waals surface area contributed by atoms with Crippen LogP contribution in [0.2, 0.25) is 0 Å². The van der Waals surface area contributed by atoms with Crippen LogP contribution in [0, 0.1) is 85.2 Å². The third-order valence-electron chi connectivity index (χ3n) is 31.6. The highest BCUT2D eigenvalue weighted by molar-refractivity contribution is 6.39. The minimum Gasteiger partial charge on any atom is -0.383 e. The SMILES string of the molecule is C=CCNC(=O)C(=O)C(CCC(F)(F)F)NC(=O)[C@@H]1[C@@H]2[C@H](CN1C(=O)[C@@H](NC(=O)N[C@H](COCC)C(C)(C)C)C1(C)CCCC1)C2(C)C.C=CCNC(=O)C(=O)C(CCC)NC(=O)[C@@H]1[C@@H]2[C@H](CN1C(=O)[C@@H](NC(=O)N[C@H](COC)C(C)(C)C)C1Cc3ccccc3C1)C2(C)C.C=CCNC(=O)C(=O)C(CCCC)NC(=O)[C@@H]1[C@@H]2[C@H](CN1C(=O)[C@@H](NC(=O)N[C@H](COCC)C(C)C)C1(C)CCCCC1)C2(C)C. The molecule has 15 amide bonds. The Hall–Kier alpha value is -9.84. The smallest absolute Gasteiger partial charge is 0.383 e. The monoisotopic (exact) mass is 1980 g/mol. The van der Waals surface area contributed by atoms with Crippen molar-refractivity contribution in [3.05, 3.63) is 73.4 Å². The van der Waals surface area contributed by atoms with E-state index in [-0.39, 0.29) is 144 Å². The number of fused-ring (bicyclic) bond motifs is 4. The number of carbonyl (C=O) groups is 15. The first-order chi connectivity index (χ1) is 66.0. The lowest BCUT2D eigenvalue weighted by Crippen LogP contribution is -2.63. The fraction of sp³-hybridized carbons (Fsp3) is 0.743. The zero-order valence-corrected chi connectivity index (χ0v) is 87.5. The second-order valence-electron chi connectivity index (χ2n) is 45.2. The molecule has 8 fully saturated rings. The summed E-state index contributed by atoms with van der Waals surface area (Å²) in [7, 11) is 1.58. The Morgan fingerprint density at radius 1 is 0.454 bits per heavy atom. The number of halogens is 3. The van der Waals surface area contributed by atoms with Crippen LogP contribution in [0.4, 0.5) is 27.6 Å². The second-order valence-corrected chi connectivity index (χ2v) is 45.2. The molecule has 33 nitrogen and oxygen atoms in total. The van der Waals surface area contributed by atoms with E-state index < -0.39 is 161 Å². The number of alkyl halides is 3. The number of methoxy groups -OCH3 is 1. The fourth-order valence-corrected chi connectivity index (χ4v) is 22.2. The van der Waals surface area contributed by atoms with Crippen molar-refractivity contribution in [3.63, 3.8) is 0 Å². The minimum absolute atomic E-state index is 0.0697. The molecule has 9 aliphatic rings. The normalized spacial score (nSPS) is 24.0. The van der Waals surface area contributed by atoms with Gasteiger partial charge < -0.3 is 92.7 Å². The van der Waals surface area contributed by atoms with Crippen LogP contribution in [0.25, 0.3) is 0 Å². The standard InChI is InChI=1S/C36H53N5O6.C35H59N5O6.C34H54F3N5O6/c1-9-13-25(30(42)32(44)37-16-10-2)38-31(43)29-27-24(36(27,6)7)19-41(29)33(45)28(23-17-21-14-11-12-15-22(21)18-23)40-34(46)39-26(20-47-8)35(3,4)5;1-9-12-16-24(28(41)31(43)36-19-10-2)37-30(42)27-26-23(34(26,6)7)20-40(27)32(44)29(35(8)17-14-13-15-18-35)39-33(45)38-25(22(4)5)21-46-11-3;1-9-17-38-28(45)25(43)21(13-16-34(35,36)37)39-27(44)24-23-20(32(23,6)7)18-42(24)29(46)26(33(8)14-11-12-15-33)41-30(47)40-22(19-48-10-2)31(3,4)5/h10-12,14-15,23-29H,2,9,13,16-20H2,1,3-8H3,(H,37,44)(H,38,43)(H2,39,40,46);10,22-27,29H,2,9,11-21H2,1,3-8H3,(H,36,43)(H,37,42)(H2,38,39,45);9,20-24,26H,1,10-19H2,2-8H3,(H,38,45)(H,39,44)(H2,40,41,47)/t24-,25?,26+,27-,28-,29-;23-,24?,25+,26-,27-,29+;20-,21?,22+,23-,24-,26+/m000/s1. The lowest BCUT2D eigenvalue weighted by molar-refractivity contribution is -0.148. The Labute approximate surface area is 833 Å². The summed E-state index contributed by atoms with van der Waals surface area (Å²) in [6.45, 7) is 53.5. The number of piperidine rings is 3. The van der Waals surface area contributed by atoms with Crippen molar-refractivity contribution < 1.29 is 99.3 Å². The number of ketones is 3. The number of likely N-dealkylation sites (tertiary alicyclic amines) is 3. The van der Waals surface area contributed by atoms with Crippen LogP contribution in [0.3, 0.4) is 0 Å². The summed E-state index contributed by atoms with van der Waals surface area (Å²) < 4.78 is 56.2. The molecule has 18 atom stereocenters. The fourth-order valence-electron chi connectivity index (χ4n) is 22.2. The van der Waals surface area contributed by atoms with Crippen LogP contribution in [0.15, 0.2) is 62.2 Å². The van der Waals surface area contributed by atoms with Gasteiger partial charge in [-0.05, 0) is 168 Å². The van der Waals surface area contributed by atoms with Gasteiger partial charge in [0, 0.05) is 66.0 Å². The maximum Gasteiger partial charge on any atom is 0.389 e. The van der Waals surface area contributed by atoms with Gasteiger partial charge in [-0.2, -0.15) is 13.2 Å². The molecule has 0 bridgehead atoms. The molecule has 1 aromatic rings. The molecule has 790 valence electrons. The van der Waals surface area contributed by atoms with E-state index in [4.69, 9.17) is 14.2 Å².